The number of aryl methyl sites for hydroxylation is 2. The zero-order chi connectivity index (χ0) is 22.4. The van der Waals surface area contributed by atoms with Crippen LogP contribution in [0.4, 0.5) is 21.9 Å². The number of anilines is 3. The van der Waals surface area contributed by atoms with Gasteiger partial charge >= 0.3 is 6.03 Å². The average molecular weight is 424 g/mol. The summed E-state index contributed by atoms with van der Waals surface area (Å²) in [6, 6.07) is 13.7. The number of nitrogens with zero attached hydrogens (tertiary/aromatic N) is 2. The second-order valence-electron chi connectivity index (χ2n) is 8.21. The summed E-state index contributed by atoms with van der Waals surface area (Å²) in [6.07, 6.45) is 1.68. The zero-order valence-electron chi connectivity index (χ0n) is 19.0. The molecule has 0 bridgehead atoms. The zero-order valence-corrected chi connectivity index (χ0v) is 19.0. The fourth-order valence-electron chi connectivity index (χ4n) is 3.83. The Morgan fingerprint density at radius 1 is 1.03 bits per heavy atom. The Labute approximate surface area is 185 Å². The molecule has 2 aromatic carbocycles. The van der Waals surface area contributed by atoms with Crippen LogP contribution in [0.15, 0.2) is 42.5 Å². The quantitative estimate of drug-likeness (QED) is 0.682. The number of hydrogen-bond acceptors (Lipinski definition) is 3. The van der Waals surface area contributed by atoms with Gasteiger partial charge in [-0.1, -0.05) is 38.1 Å². The van der Waals surface area contributed by atoms with Gasteiger partial charge in [-0.3, -0.25) is 9.69 Å². The van der Waals surface area contributed by atoms with Gasteiger partial charge in [0.1, 0.15) is 6.61 Å². The van der Waals surface area contributed by atoms with E-state index < -0.39 is 0 Å². The molecule has 0 saturated carbocycles. The van der Waals surface area contributed by atoms with E-state index in [-0.39, 0.29) is 18.5 Å². The summed E-state index contributed by atoms with van der Waals surface area (Å²) >= 11 is 0. The fraction of sp³-hybridized carbons (Fsp3) is 0.440. The summed E-state index contributed by atoms with van der Waals surface area (Å²) in [7, 11) is 0. The van der Waals surface area contributed by atoms with E-state index >= 15 is 0 Å². The van der Waals surface area contributed by atoms with Crippen molar-refractivity contribution in [1.82, 2.24) is 4.90 Å². The fourth-order valence-corrected chi connectivity index (χ4v) is 3.83. The molecule has 3 amide bonds. The lowest BCUT2D eigenvalue weighted by Gasteiger charge is -2.26. The predicted molar refractivity (Wildman–Crippen MR) is 125 cm³/mol. The van der Waals surface area contributed by atoms with Crippen molar-refractivity contribution < 1.29 is 14.3 Å². The molecular weight excluding hydrogens is 390 g/mol. The first-order chi connectivity index (χ1) is 14.9. The topological polar surface area (TPSA) is 61.9 Å². The highest BCUT2D eigenvalue weighted by molar-refractivity contribution is 6.04. The Balaban J connectivity index is 1.95. The van der Waals surface area contributed by atoms with Crippen molar-refractivity contribution >= 4 is 29.0 Å². The van der Waals surface area contributed by atoms with Crippen LogP contribution < -0.4 is 10.2 Å². The highest BCUT2D eigenvalue weighted by Gasteiger charge is 2.26. The lowest BCUT2D eigenvalue weighted by molar-refractivity contribution is -0.122. The van der Waals surface area contributed by atoms with E-state index in [1.165, 1.54) is 0 Å². The Morgan fingerprint density at radius 3 is 2.39 bits per heavy atom. The van der Waals surface area contributed by atoms with E-state index in [1.807, 2.05) is 50.2 Å². The number of carbonyl (C=O) groups is 2. The summed E-state index contributed by atoms with van der Waals surface area (Å²) in [5.74, 6) is 0.252. The molecule has 0 spiro atoms. The van der Waals surface area contributed by atoms with Crippen LogP contribution >= 0.6 is 0 Å². The molecule has 1 aliphatic rings. The van der Waals surface area contributed by atoms with Gasteiger partial charge in [0.2, 0.25) is 0 Å². The number of ether oxygens (including phenoxy) is 1. The molecule has 1 aliphatic heterocycles. The molecule has 0 atom stereocenters. The first-order valence-corrected chi connectivity index (χ1v) is 11.1. The summed E-state index contributed by atoms with van der Waals surface area (Å²) in [6.45, 7) is 9.86. The van der Waals surface area contributed by atoms with Gasteiger partial charge in [-0.25, -0.2) is 4.79 Å². The monoisotopic (exact) mass is 423 g/mol. The molecule has 3 rings (SSSR count). The Hall–Kier alpha value is -2.86. The third-order valence-corrected chi connectivity index (χ3v) is 5.45. The van der Waals surface area contributed by atoms with Crippen LogP contribution in [0.1, 0.15) is 38.8 Å². The molecule has 0 aromatic heterocycles. The van der Waals surface area contributed by atoms with Gasteiger partial charge in [-0.2, -0.15) is 0 Å². The van der Waals surface area contributed by atoms with Gasteiger partial charge in [-0.15, -0.1) is 0 Å². The van der Waals surface area contributed by atoms with Crippen molar-refractivity contribution in [1.29, 1.82) is 0 Å². The van der Waals surface area contributed by atoms with Crippen LogP contribution in [-0.2, 0) is 22.4 Å². The van der Waals surface area contributed by atoms with E-state index in [2.05, 4.69) is 25.2 Å². The van der Waals surface area contributed by atoms with Crippen LogP contribution in [0, 0.1) is 5.92 Å². The first-order valence-electron chi connectivity index (χ1n) is 11.1. The van der Waals surface area contributed by atoms with Crippen LogP contribution in [0.5, 0.6) is 0 Å². The number of urea groups is 1. The van der Waals surface area contributed by atoms with E-state index in [1.54, 1.807) is 9.80 Å². The molecule has 6 heteroatoms. The first kappa shape index (κ1) is 22.8. The second-order valence-corrected chi connectivity index (χ2v) is 8.21. The number of amides is 3. The standard InChI is InChI=1S/C25H33N3O3/c1-5-27(6-2)25(30)26-21-14-13-20-12-11-19-9-7-8-10-22(19)28(23(20)15-21)24(29)17-31-16-18(3)4/h7-10,13-15,18H,5-6,11-12,16-17H2,1-4H3,(H,26,30). The van der Waals surface area contributed by atoms with Gasteiger partial charge in [0.15, 0.2) is 0 Å². The number of para-hydroxylation sites is 1. The van der Waals surface area contributed by atoms with Crippen molar-refractivity contribution in [2.24, 2.45) is 5.92 Å². The molecule has 0 radical (unpaired) electrons. The van der Waals surface area contributed by atoms with Crippen LogP contribution in [0.3, 0.4) is 0 Å². The van der Waals surface area contributed by atoms with Crippen LogP contribution in [0.25, 0.3) is 0 Å². The third kappa shape index (κ3) is 5.44. The van der Waals surface area contributed by atoms with E-state index in [4.69, 9.17) is 4.74 Å². The highest BCUT2D eigenvalue weighted by atomic mass is 16.5. The van der Waals surface area contributed by atoms with E-state index in [0.717, 1.165) is 35.3 Å². The molecule has 1 N–H and O–H groups in total. The summed E-state index contributed by atoms with van der Waals surface area (Å²) < 4.78 is 5.67. The predicted octanol–water partition coefficient (Wildman–Crippen LogP) is 5.00. The summed E-state index contributed by atoms with van der Waals surface area (Å²) in [5, 5.41) is 2.97. The average Bonchev–Trinajstić information content (AvgIpc) is 2.90. The molecule has 2 aromatic rings. The number of nitrogens with one attached hydrogen (secondary N) is 1. The maximum absolute atomic E-state index is 13.3. The molecule has 0 fully saturated rings. The number of rotatable bonds is 7. The molecule has 0 unspecified atom stereocenters. The Morgan fingerprint density at radius 2 is 1.71 bits per heavy atom. The van der Waals surface area contributed by atoms with Gasteiger partial charge in [0, 0.05) is 25.4 Å². The molecule has 1 heterocycles. The van der Waals surface area contributed by atoms with Gasteiger partial charge < -0.3 is 15.0 Å². The molecule has 166 valence electrons. The summed E-state index contributed by atoms with van der Waals surface area (Å²) in [5.41, 5.74) is 4.57. The van der Waals surface area contributed by atoms with Gasteiger partial charge in [-0.05, 0) is 61.9 Å². The minimum atomic E-state index is -0.142. The third-order valence-electron chi connectivity index (χ3n) is 5.45. The summed E-state index contributed by atoms with van der Waals surface area (Å²) in [4.78, 5) is 29.3. The number of hydrogen-bond donors (Lipinski definition) is 1. The highest BCUT2D eigenvalue weighted by Crippen LogP contribution is 2.37. The second kappa shape index (κ2) is 10.4. The normalized spacial score (nSPS) is 12.7. The molecular formula is C25H33N3O3. The molecule has 6 nitrogen and oxygen atoms in total. The number of benzene rings is 2. The van der Waals surface area contributed by atoms with Gasteiger partial charge in [0.05, 0.1) is 11.4 Å². The number of carbonyl (C=O) groups excluding carboxylic acids is 2. The SMILES string of the molecule is CCN(CC)C(=O)Nc1ccc2c(c1)N(C(=O)COCC(C)C)c1ccccc1CC2. The minimum absolute atomic E-state index is 0.0159. The maximum Gasteiger partial charge on any atom is 0.321 e. The molecule has 31 heavy (non-hydrogen) atoms. The van der Waals surface area contributed by atoms with Crippen molar-refractivity contribution in [3.8, 4) is 0 Å². The largest absolute Gasteiger partial charge is 0.371 e. The van der Waals surface area contributed by atoms with E-state index in [0.29, 0.717) is 31.3 Å². The van der Waals surface area contributed by atoms with Crippen molar-refractivity contribution in [3.63, 3.8) is 0 Å². The lowest BCUT2D eigenvalue weighted by atomic mass is 10.0. The van der Waals surface area contributed by atoms with Gasteiger partial charge in [0.25, 0.3) is 5.91 Å². The van der Waals surface area contributed by atoms with Crippen molar-refractivity contribution in [2.45, 2.75) is 40.5 Å². The molecule has 0 aliphatic carbocycles. The smallest absolute Gasteiger partial charge is 0.321 e. The van der Waals surface area contributed by atoms with Crippen LogP contribution in [0.2, 0.25) is 0 Å². The Kier molecular flexibility index (Phi) is 7.69. The molecule has 0 saturated heterocycles. The maximum atomic E-state index is 13.3. The van der Waals surface area contributed by atoms with E-state index in [9.17, 15) is 9.59 Å². The Bertz CT molecular complexity index is 922. The lowest BCUT2D eigenvalue weighted by Crippen LogP contribution is -2.34. The van der Waals surface area contributed by atoms with Crippen LogP contribution in [-0.4, -0.2) is 43.1 Å². The number of fused-ring (bicyclic) bond motifs is 2. The van der Waals surface area contributed by atoms with Crippen molar-refractivity contribution in [2.75, 3.05) is 36.5 Å². The minimum Gasteiger partial charge on any atom is -0.371 e. The van der Waals surface area contributed by atoms with Crippen molar-refractivity contribution in [3.05, 3.63) is 53.6 Å².